The maximum Gasteiger partial charge on any atom is 0.250 e. The van der Waals surface area contributed by atoms with Gasteiger partial charge in [-0.1, -0.05) is 20.8 Å². The highest BCUT2D eigenvalue weighted by atomic mass is 28.4. The Hall–Kier alpha value is -0.963. The highest BCUT2D eigenvalue weighted by Crippen LogP contribution is 2.45. The molecule has 0 saturated carbocycles. The number of ether oxygens (including phenoxy) is 1. The number of hydrogen-bond acceptors (Lipinski definition) is 2. The second kappa shape index (κ2) is 5.05. The molecule has 2 rings (SSSR count). The van der Waals surface area contributed by atoms with Crippen molar-refractivity contribution in [3.8, 4) is 11.5 Å². The summed E-state index contributed by atoms with van der Waals surface area (Å²) in [7, 11) is -1.82. The van der Waals surface area contributed by atoms with Gasteiger partial charge >= 0.3 is 0 Å². The Kier molecular flexibility index (Phi) is 3.94. The summed E-state index contributed by atoms with van der Waals surface area (Å²) in [5, 5.41) is 0.211. The first-order chi connectivity index (χ1) is 9.45. The number of hydrogen-bond donors (Lipinski definition) is 0. The molecule has 0 fully saturated rings. The molecule has 118 valence electrons. The average molecular weight is 307 g/mol. The van der Waals surface area contributed by atoms with E-state index in [4.69, 9.17) is 9.16 Å². The van der Waals surface area contributed by atoms with E-state index in [1.165, 1.54) is 22.3 Å². The van der Waals surface area contributed by atoms with Gasteiger partial charge in [0.1, 0.15) is 17.6 Å². The van der Waals surface area contributed by atoms with Crippen molar-refractivity contribution in [2.24, 2.45) is 0 Å². The van der Waals surface area contributed by atoms with E-state index in [0.29, 0.717) is 0 Å². The molecule has 3 heteroatoms. The fourth-order valence-electron chi connectivity index (χ4n) is 2.65. The average Bonchev–Trinajstić information content (AvgIpc) is 2.73. The summed E-state index contributed by atoms with van der Waals surface area (Å²) in [6.07, 6.45) is 1.27. The Labute approximate surface area is 131 Å². The van der Waals surface area contributed by atoms with Crippen molar-refractivity contribution < 1.29 is 9.16 Å². The minimum Gasteiger partial charge on any atom is -0.543 e. The van der Waals surface area contributed by atoms with Gasteiger partial charge in [-0.2, -0.15) is 0 Å². The van der Waals surface area contributed by atoms with Crippen molar-refractivity contribution in [1.29, 1.82) is 0 Å². The normalized spacial score (nSPS) is 18.4. The van der Waals surface area contributed by atoms with Crippen LogP contribution in [0, 0.1) is 20.8 Å². The van der Waals surface area contributed by atoms with E-state index < -0.39 is 8.32 Å². The van der Waals surface area contributed by atoms with Crippen LogP contribution in [0.1, 0.15) is 49.9 Å². The van der Waals surface area contributed by atoms with Crippen molar-refractivity contribution in [1.82, 2.24) is 0 Å². The van der Waals surface area contributed by atoms with Gasteiger partial charge in [-0.05, 0) is 62.5 Å². The third kappa shape index (κ3) is 2.72. The van der Waals surface area contributed by atoms with E-state index in [2.05, 4.69) is 61.6 Å². The zero-order chi connectivity index (χ0) is 16.2. The van der Waals surface area contributed by atoms with Gasteiger partial charge in [0.2, 0.25) is 0 Å². The Balaban J connectivity index is 2.52. The molecule has 1 unspecified atom stereocenters. The minimum absolute atomic E-state index is 0.211. The molecule has 0 spiro atoms. The number of fused-ring (bicyclic) bond motifs is 1. The lowest BCUT2D eigenvalue weighted by atomic mass is 9.96. The van der Waals surface area contributed by atoms with Gasteiger partial charge in [-0.3, -0.25) is 0 Å². The van der Waals surface area contributed by atoms with Crippen molar-refractivity contribution in [2.45, 2.75) is 79.1 Å². The van der Waals surface area contributed by atoms with E-state index in [-0.39, 0.29) is 11.1 Å². The maximum absolute atomic E-state index is 6.65. The quantitative estimate of drug-likeness (QED) is 0.688. The fourth-order valence-corrected chi connectivity index (χ4v) is 3.78. The zero-order valence-electron chi connectivity index (χ0n) is 15.1. The molecule has 1 heterocycles. The summed E-state index contributed by atoms with van der Waals surface area (Å²) >= 11 is 0. The molecule has 0 bridgehead atoms. The molecule has 1 aliphatic rings. The fraction of sp³-hybridized carbons (Fsp3) is 0.667. The highest BCUT2D eigenvalue weighted by Gasteiger charge is 2.40. The molecule has 0 aliphatic carbocycles. The summed E-state index contributed by atoms with van der Waals surface area (Å²) in [4.78, 5) is 0. The van der Waals surface area contributed by atoms with Crippen molar-refractivity contribution >= 4 is 8.32 Å². The van der Waals surface area contributed by atoms with E-state index >= 15 is 0 Å². The van der Waals surface area contributed by atoms with E-state index in [1.54, 1.807) is 0 Å². The van der Waals surface area contributed by atoms with Crippen LogP contribution in [0.2, 0.25) is 18.1 Å². The van der Waals surface area contributed by atoms with Crippen molar-refractivity contribution in [3.63, 3.8) is 0 Å². The Morgan fingerprint density at radius 1 is 1.05 bits per heavy atom. The number of rotatable bonds is 2. The minimum atomic E-state index is -1.82. The van der Waals surface area contributed by atoms with Gasteiger partial charge in [0.15, 0.2) is 0 Å². The third-order valence-corrected chi connectivity index (χ3v) is 9.61. The molecule has 0 aromatic heterocycles. The SMILES string of the molecule is Cc1c(C)c2c(c(C)c1O[Si](C)(C)C(C)(C)C)CC(C)O2. The Morgan fingerprint density at radius 3 is 2.14 bits per heavy atom. The second-order valence-electron chi connectivity index (χ2n) is 8.01. The molecule has 21 heavy (non-hydrogen) atoms. The monoisotopic (exact) mass is 306 g/mol. The van der Waals surface area contributed by atoms with Crippen LogP contribution in [0.5, 0.6) is 11.5 Å². The van der Waals surface area contributed by atoms with Crippen molar-refractivity contribution in [3.05, 3.63) is 22.3 Å². The van der Waals surface area contributed by atoms with Crippen LogP contribution in [0.25, 0.3) is 0 Å². The molecule has 1 aromatic carbocycles. The van der Waals surface area contributed by atoms with E-state index in [1.807, 2.05) is 0 Å². The molecule has 0 amide bonds. The first-order valence-corrected chi connectivity index (χ1v) is 10.8. The lowest BCUT2D eigenvalue weighted by Gasteiger charge is -2.38. The first-order valence-electron chi connectivity index (χ1n) is 7.94. The van der Waals surface area contributed by atoms with Crippen LogP contribution >= 0.6 is 0 Å². The predicted octanol–water partition coefficient (Wildman–Crippen LogP) is 5.32. The largest absolute Gasteiger partial charge is 0.543 e. The summed E-state index contributed by atoms with van der Waals surface area (Å²) in [5.41, 5.74) is 5.11. The summed E-state index contributed by atoms with van der Waals surface area (Å²) < 4.78 is 12.7. The van der Waals surface area contributed by atoms with Crippen molar-refractivity contribution in [2.75, 3.05) is 0 Å². The lowest BCUT2D eigenvalue weighted by Crippen LogP contribution is -2.44. The Bertz CT molecular complexity index is 568. The topological polar surface area (TPSA) is 18.5 Å². The molecule has 0 saturated heterocycles. The summed E-state index contributed by atoms with van der Waals surface area (Å²) in [5.74, 6) is 2.20. The molecule has 1 aromatic rings. The number of benzene rings is 1. The maximum atomic E-state index is 6.65. The van der Waals surface area contributed by atoms with E-state index in [9.17, 15) is 0 Å². The molecule has 0 N–H and O–H groups in total. The lowest BCUT2D eigenvalue weighted by molar-refractivity contribution is 0.253. The highest BCUT2D eigenvalue weighted by molar-refractivity contribution is 6.74. The van der Waals surface area contributed by atoms with E-state index in [0.717, 1.165) is 17.9 Å². The van der Waals surface area contributed by atoms with Crippen LogP contribution < -0.4 is 9.16 Å². The molecule has 1 atom stereocenters. The van der Waals surface area contributed by atoms with Gasteiger partial charge in [-0.15, -0.1) is 0 Å². The van der Waals surface area contributed by atoms with Crippen LogP contribution in [0.3, 0.4) is 0 Å². The second-order valence-corrected chi connectivity index (χ2v) is 12.7. The van der Waals surface area contributed by atoms with Gasteiger partial charge in [0.05, 0.1) is 0 Å². The smallest absolute Gasteiger partial charge is 0.250 e. The molecule has 1 aliphatic heterocycles. The molecular formula is C18H30O2Si. The molecular weight excluding hydrogens is 276 g/mol. The third-order valence-electron chi connectivity index (χ3n) is 5.29. The summed E-state index contributed by atoms with van der Waals surface area (Å²) in [6, 6.07) is 0. The summed E-state index contributed by atoms with van der Waals surface area (Å²) in [6.45, 7) is 20.1. The Morgan fingerprint density at radius 2 is 1.62 bits per heavy atom. The van der Waals surface area contributed by atoms with Crippen LogP contribution in [0.4, 0.5) is 0 Å². The van der Waals surface area contributed by atoms with Gasteiger partial charge in [-0.25, -0.2) is 0 Å². The first kappa shape index (κ1) is 16.4. The van der Waals surface area contributed by atoms with Crippen LogP contribution in [-0.4, -0.2) is 14.4 Å². The zero-order valence-corrected chi connectivity index (χ0v) is 16.1. The van der Waals surface area contributed by atoms with Gasteiger partial charge in [0, 0.05) is 12.0 Å². The van der Waals surface area contributed by atoms with Crippen LogP contribution in [0.15, 0.2) is 0 Å². The van der Waals surface area contributed by atoms with Crippen LogP contribution in [-0.2, 0) is 6.42 Å². The molecule has 2 nitrogen and oxygen atoms in total. The predicted molar refractivity (Wildman–Crippen MR) is 92.3 cm³/mol. The van der Waals surface area contributed by atoms with Gasteiger partial charge < -0.3 is 9.16 Å². The standard InChI is InChI=1S/C18H30O2Si/c1-11-10-15-14(4)16(12(2)13(3)17(15)19-11)20-21(8,9)18(5,6)7/h11H,10H2,1-9H3. The van der Waals surface area contributed by atoms with Gasteiger partial charge in [0.25, 0.3) is 8.32 Å². The molecule has 0 radical (unpaired) electrons.